The molecule has 1 aromatic carbocycles. The van der Waals surface area contributed by atoms with Crippen LogP contribution in [0.3, 0.4) is 0 Å². The van der Waals surface area contributed by atoms with Crippen LogP contribution >= 0.6 is 27.5 Å². The van der Waals surface area contributed by atoms with Crippen molar-refractivity contribution in [2.75, 3.05) is 31.5 Å². The van der Waals surface area contributed by atoms with E-state index in [1.807, 2.05) is 59.8 Å². The fourth-order valence-corrected chi connectivity index (χ4v) is 4.36. The van der Waals surface area contributed by atoms with Crippen molar-refractivity contribution in [1.82, 2.24) is 15.1 Å². The van der Waals surface area contributed by atoms with Crippen LogP contribution in [0, 0.1) is 0 Å². The Hall–Kier alpha value is -1.76. The van der Waals surface area contributed by atoms with Gasteiger partial charge < -0.3 is 15.0 Å². The second-order valence-electron chi connectivity index (χ2n) is 8.84. The molecule has 2 rings (SSSR count). The molecule has 1 heterocycles. The topological polar surface area (TPSA) is 44.8 Å². The van der Waals surface area contributed by atoms with Crippen LogP contribution in [0.1, 0.15) is 58.7 Å². The van der Waals surface area contributed by atoms with Crippen molar-refractivity contribution >= 4 is 39.2 Å². The summed E-state index contributed by atoms with van der Waals surface area (Å²) in [6.45, 7) is 22.4. The number of ether oxygens (including phenoxy) is 1. The fraction of sp³-hybridized carbons (Fsp3) is 0.519. The summed E-state index contributed by atoms with van der Waals surface area (Å²) in [4.78, 5) is 16.7. The van der Waals surface area contributed by atoms with Crippen molar-refractivity contribution in [3.8, 4) is 0 Å². The van der Waals surface area contributed by atoms with Gasteiger partial charge in [0.15, 0.2) is 0 Å². The molecule has 1 amide bonds. The van der Waals surface area contributed by atoms with Crippen molar-refractivity contribution in [2.24, 2.45) is 0 Å². The number of hydrogen-bond acceptors (Lipinski definition) is 4. The molecule has 1 saturated heterocycles. The summed E-state index contributed by atoms with van der Waals surface area (Å²) >= 11 is 9.88. The fourth-order valence-electron chi connectivity index (χ4n) is 3.89. The summed E-state index contributed by atoms with van der Waals surface area (Å²) in [7, 11) is 0. The summed E-state index contributed by atoms with van der Waals surface area (Å²) in [5, 5.41) is 4.73. The quantitative estimate of drug-likeness (QED) is 0.276. The highest BCUT2D eigenvalue weighted by Crippen LogP contribution is 2.34. The zero-order chi connectivity index (χ0) is 25.9. The highest BCUT2D eigenvalue weighted by atomic mass is 79.9. The minimum Gasteiger partial charge on any atom is -0.444 e. The van der Waals surface area contributed by atoms with E-state index in [2.05, 4.69) is 51.4 Å². The van der Waals surface area contributed by atoms with E-state index in [9.17, 15) is 4.79 Å². The predicted octanol–water partition coefficient (Wildman–Crippen LogP) is 7.05. The van der Waals surface area contributed by atoms with E-state index in [1.165, 1.54) is 0 Å². The molecule has 2 atom stereocenters. The maximum Gasteiger partial charge on any atom is 0.410 e. The van der Waals surface area contributed by atoms with E-state index in [0.717, 1.165) is 29.8 Å². The van der Waals surface area contributed by atoms with Crippen molar-refractivity contribution in [1.29, 1.82) is 0 Å². The monoisotopic (exact) mass is 553 g/mol. The number of carbonyl (C=O) groups excluding carboxylic acids is 1. The van der Waals surface area contributed by atoms with E-state index < -0.39 is 5.60 Å². The summed E-state index contributed by atoms with van der Waals surface area (Å²) < 4.78 is 5.56. The molecule has 0 spiro atoms. The number of amides is 1. The van der Waals surface area contributed by atoms with Crippen LogP contribution in [-0.4, -0.2) is 59.0 Å². The number of carbonyl (C=O) groups is 1. The Morgan fingerprint density at radius 2 is 1.88 bits per heavy atom. The first-order valence-electron chi connectivity index (χ1n) is 11.9. The molecular weight excluding hydrogens is 514 g/mol. The van der Waals surface area contributed by atoms with E-state index >= 15 is 0 Å². The molecule has 0 aliphatic carbocycles. The predicted molar refractivity (Wildman–Crippen MR) is 150 cm³/mol. The number of hydrogen-bond donors (Lipinski definition) is 1. The van der Waals surface area contributed by atoms with Gasteiger partial charge in [0.25, 0.3) is 0 Å². The Balaban J connectivity index is 0.00000281. The molecule has 0 bridgehead atoms. The third kappa shape index (κ3) is 8.79. The number of allylic oxidation sites excluding steroid dienone is 2. The van der Waals surface area contributed by atoms with Crippen LogP contribution in [-0.2, 0) is 4.74 Å². The Morgan fingerprint density at radius 3 is 2.38 bits per heavy atom. The SMILES string of the molecule is C=CNC(/C=C\C)C(c1ccc(Cl)cc1C(=C)CBr)N1CCN(C(=O)OC(C)(C)C)CC1.CC. The summed E-state index contributed by atoms with van der Waals surface area (Å²) in [6.07, 6.45) is 5.65. The minimum absolute atomic E-state index is 0.00590. The third-order valence-corrected chi connectivity index (χ3v) is 6.20. The second-order valence-corrected chi connectivity index (χ2v) is 9.84. The molecular formula is C27H41BrClN3O2. The van der Waals surface area contributed by atoms with Crippen molar-refractivity contribution in [3.63, 3.8) is 0 Å². The number of rotatable bonds is 8. The summed E-state index contributed by atoms with van der Waals surface area (Å²) in [6, 6.07) is 5.98. The van der Waals surface area contributed by atoms with Crippen LogP contribution in [0.25, 0.3) is 5.57 Å². The first-order chi connectivity index (χ1) is 16.1. The van der Waals surface area contributed by atoms with E-state index in [4.69, 9.17) is 16.3 Å². The molecule has 0 radical (unpaired) electrons. The number of nitrogens with zero attached hydrogens (tertiary/aromatic N) is 2. The molecule has 5 nitrogen and oxygen atoms in total. The van der Waals surface area contributed by atoms with Gasteiger partial charge in [-0.25, -0.2) is 4.79 Å². The molecule has 34 heavy (non-hydrogen) atoms. The largest absolute Gasteiger partial charge is 0.444 e. The molecule has 1 N–H and O–H groups in total. The zero-order valence-electron chi connectivity index (χ0n) is 21.5. The lowest BCUT2D eigenvalue weighted by Crippen LogP contribution is -2.53. The van der Waals surface area contributed by atoms with Gasteiger partial charge in [-0.05, 0) is 62.7 Å². The highest BCUT2D eigenvalue weighted by Gasteiger charge is 2.34. The van der Waals surface area contributed by atoms with Gasteiger partial charge in [0.1, 0.15) is 5.60 Å². The number of piperazine rings is 1. The van der Waals surface area contributed by atoms with Crippen LogP contribution in [0.5, 0.6) is 0 Å². The molecule has 1 aromatic rings. The van der Waals surface area contributed by atoms with Crippen LogP contribution in [0.4, 0.5) is 4.79 Å². The molecule has 1 fully saturated rings. The normalized spacial score (nSPS) is 16.3. The lowest BCUT2D eigenvalue weighted by Gasteiger charge is -2.42. The van der Waals surface area contributed by atoms with Crippen molar-refractivity contribution in [2.45, 2.75) is 59.2 Å². The van der Waals surface area contributed by atoms with Crippen LogP contribution in [0.15, 0.2) is 49.7 Å². The molecule has 190 valence electrons. The number of alkyl halides is 1. The minimum atomic E-state index is -0.504. The van der Waals surface area contributed by atoms with Gasteiger partial charge in [0.05, 0.1) is 12.1 Å². The Morgan fingerprint density at radius 1 is 1.26 bits per heavy atom. The van der Waals surface area contributed by atoms with Crippen molar-refractivity contribution < 1.29 is 9.53 Å². The van der Waals surface area contributed by atoms with E-state index in [-0.39, 0.29) is 18.2 Å². The zero-order valence-corrected chi connectivity index (χ0v) is 23.9. The average molecular weight is 555 g/mol. The van der Waals surface area contributed by atoms with Gasteiger partial charge >= 0.3 is 6.09 Å². The van der Waals surface area contributed by atoms with Gasteiger partial charge in [-0.1, -0.05) is 72.8 Å². The Bertz CT molecular complexity index is 843. The van der Waals surface area contributed by atoms with Gasteiger partial charge in [-0.3, -0.25) is 4.90 Å². The van der Waals surface area contributed by atoms with E-state index in [1.54, 1.807) is 11.1 Å². The lowest BCUT2D eigenvalue weighted by molar-refractivity contribution is 0.00915. The number of halogens is 2. The van der Waals surface area contributed by atoms with Gasteiger partial charge in [0, 0.05) is 36.5 Å². The Kier molecular flexibility index (Phi) is 13.0. The average Bonchev–Trinajstić information content (AvgIpc) is 2.80. The molecule has 0 saturated carbocycles. The van der Waals surface area contributed by atoms with Gasteiger partial charge in [0.2, 0.25) is 0 Å². The molecule has 1 aliphatic rings. The first kappa shape index (κ1) is 30.3. The van der Waals surface area contributed by atoms with Crippen LogP contribution < -0.4 is 5.32 Å². The summed E-state index contributed by atoms with van der Waals surface area (Å²) in [5.74, 6) is 0. The van der Waals surface area contributed by atoms with Gasteiger partial charge in [-0.2, -0.15) is 0 Å². The second kappa shape index (κ2) is 14.6. The molecule has 2 unspecified atom stereocenters. The van der Waals surface area contributed by atoms with Crippen LogP contribution in [0.2, 0.25) is 5.02 Å². The standard InChI is InChI=1S/C25H35BrClN3O2.C2H6/c1-7-9-22(28-8-2)23(20-11-10-19(27)16-21(20)18(3)17-26)29-12-14-30(15-13-29)24(31)32-25(4,5)6;1-2/h7-11,16,22-23,28H,2-3,12-15,17H2,1,4-6H3;1-2H3/b9-7-;. The lowest BCUT2D eigenvalue weighted by atomic mass is 9.90. The van der Waals surface area contributed by atoms with E-state index in [0.29, 0.717) is 23.4 Å². The smallest absolute Gasteiger partial charge is 0.410 e. The number of benzene rings is 1. The van der Waals surface area contributed by atoms with Gasteiger partial charge in [-0.15, -0.1) is 0 Å². The molecule has 0 aromatic heterocycles. The molecule has 7 heteroatoms. The first-order valence-corrected chi connectivity index (χ1v) is 13.4. The highest BCUT2D eigenvalue weighted by molar-refractivity contribution is 9.09. The summed E-state index contributed by atoms with van der Waals surface area (Å²) in [5.41, 5.74) is 2.64. The van der Waals surface area contributed by atoms with Crippen molar-refractivity contribution in [3.05, 3.63) is 65.9 Å². The third-order valence-electron chi connectivity index (χ3n) is 5.29. The number of nitrogens with one attached hydrogen (secondary N) is 1. The molecule has 1 aliphatic heterocycles. The maximum atomic E-state index is 12.5. The Labute approximate surface area is 220 Å². The maximum absolute atomic E-state index is 12.5.